The fraction of sp³-hybridized carbons (Fsp3) is 0.440. The van der Waals surface area contributed by atoms with E-state index in [0.29, 0.717) is 39.1 Å². The standard InChI is InChI=1S/C25H29N3O4/c29-24(18-10-13-27(14-11-18)25(30)26-20-5-2-1-3-6-20)28-12-4-7-21(28)19-8-9-22-23(17-19)32-16-15-31-22/h1-3,5-6,8-9,17-18,21H,4,7,10-16H2,(H,26,30)/t21-/m1/s1. The number of likely N-dealkylation sites (tertiary alicyclic amines) is 2. The van der Waals surface area contributed by atoms with Gasteiger partial charge < -0.3 is 24.6 Å². The van der Waals surface area contributed by atoms with Crippen LogP contribution in [0.4, 0.5) is 10.5 Å². The summed E-state index contributed by atoms with van der Waals surface area (Å²) < 4.78 is 11.4. The first-order chi connectivity index (χ1) is 15.7. The molecule has 2 aromatic rings. The summed E-state index contributed by atoms with van der Waals surface area (Å²) >= 11 is 0. The molecule has 32 heavy (non-hydrogen) atoms. The maximum atomic E-state index is 13.4. The normalized spacial score (nSPS) is 20.8. The molecule has 0 aliphatic carbocycles. The van der Waals surface area contributed by atoms with Crippen LogP contribution >= 0.6 is 0 Å². The third-order valence-electron chi connectivity index (χ3n) is 6.64. The number of rotatable bonds is 3. The molecular formula is C25H29N3O4. The lowest BCUT2D eigenvalue weighted by Gasteiger charge is -2.35. The van der Waals surface area contributed by atoms with Crippen LogP contribution in [-0.2, 0) is 4.79 Å². The number of hydrogen-bond acceptors (Lipinski definition) is 4. The smallest absolute Gasteiger partial charge is 0.321 e. The van der Waals surface area contributed by atoms with E-state index in [4.69, 9.17) is 9.47 Å². The molecule has 3 heterocycles. The number of amides is 3. The number of nitrogens with one attached hydrogen (secondary N) is 1. The lowest BCUT2D eigenvalue weighted by atomic mass is 9.94. The first kappa shape index (κ1) is 20.7. The second-order valence-corrected chi connectivity index (χ2v) is 8.65. The highest BCUT2D eigenvalue weighted by atomic mass is 16.6. The molecule has 0 saturated carbocycles. The van der Waals surface area contributed by atoms with Crippen LogP contribution in [0.5, 0.6) is 11.5 Å². The zero-order chi connectivity index (χ0) is 21.9. The van der Waals surface area contributed by atoms with Gasteiger partial charge in [-0.2, -0.15) is 0 Å². The van der Waals surface area contributed by atoms with Gasteiger partial charge in [-0.3, -0.25) is 4.79 Å². The molecule has 5 rings (SSSR count). The molecule has 3 aliphatic rings. The first-order valence-corrected chi connectivity index (χ1v) is 11.5. The van der Waals surface area contributed by atoms with Gasteiger partial charge in [0.2, 0.25) is 5.91 Å². The number of fused-ring (bicyclic) bond motifs is 1. The van der Waals surface area contributed by atoms with Gasteiger partial charge in [-0.15, -0.1) is 0 Å². The van der Waals surface area contributed by atoms with Crippen molar-refractivity contribution >= 4 is 17.6 Å². The third kappa shape index (κ3) is 4.24. The van der Waals surface area contributed by atoms with Crippen LogP contribution in [0.25, 0.3) is 0 Å². The maximum absolute atomic E-state index is 13.4. The van der Waals surface area contributed by atoms with Crippen LogP contribution in [0.2, 0.25) is 0 Å². The summed E-state index contributed by atoms with van der Waals surface area (Å²) in [6.45, 7) is 3.10. The minimum Gasteiger partial charge on any atom is -0.486 e. The molecule has 0 unspecified atom stereocenters. The maximum Gasteiger partial charge on any atom is 0.321 e. The Morgan fingerprint density at radius 1 is 0.875 bits per heavy atom. The number of hydrogen-bond donors (Lipinski definition) is 1. The van der Waals surface area contributed by atoms with Crippen molar-refractivity contribution in [1.29, 1.82) is 0 Å². The lowest BCUT2D eigenvalue weighted by Crippen LogP contribution is -2.45. The first-order valence-electron chi connectivity index (χ1n) is 11.5. The quantitative estimate of drug-likeness (QED) is 0.789. The van der Waals surface area contributed by atoms with Crippen LogP contribution in [0.1, 0.15) is 37.3 Å². The van der Waals surface area contributed by atoms with Crippen molar-refractivity contribution < 1.29 is 19.1 Å². The highest BCUT2D eigenvalue weighted by Crippen LogP contribution is 2.39. The van der Waals surface area contributed by atoms with E-state index in [1.807, 2.05) is 47.4 Å². The molecule has 0 aromatic heterocycles. The van der Waals surface area contributed by atoms with E-state index in [1.54, 1.807) is 4.90 Å². The van der Waals surface area contributed by atoms with E-state index in [2.05, 4.69) is 11.4 Å². The largest absolute Gasteiger partial charge is 0.486 e. The van der Waals surface area contributed by atoms with Crippen LogP contribution in [0, 0.1) is 5.92 Å². The van der Waals surface area contributed by atoms with Gasteiger partial charge in [-0.25, -0.2) is 4.79 Å². The van der Waals surface area contributed by atoms with Crippen LogP contribution in [0.15, 0.2) is 48.5 Å². The van der Waals surface area contributed by atoms with Gasteiger partial charge in [0, 0.05) is 31.2 Å². The summed E-state index contributed by atoms with van der Waals surface area (Å²) in [5.41, 5.74) is 1.90. The van der Waals surface area contributed by atoms with Crippen molar-refractivity contribution in [1.82, 2.24) is 9.80 Å². The van der Waals surface area contributed by atoms with Gasteiger partial charge in [-0.05, 0) is 55.5 Å². The van der Waals surface area contributed by atoms with E-state index in [-0.39, 0.29) is 23.9 Å². The van der Waals surface area contributed by atoms with Crippen molar-refractivity contribution in [2.75, 3.05) is 38.2 Å². The number of anilines is 1. The highest BCUT2D eigenvalue weighted by Gasteiger charge is 2.36. The molecule has 3 aliphatic heterocycles. The van der Waals surface area contributed by atoms with Gasteiger partial charge in [-0.1, -0.05) is 24.3 Å². The second-order valence-electron chi connectivity index (χ2n) is 8.65. The summed E-state index contributed by atoms with van der Waals surface area (Å²) in [5.74, 6) is 1.72. The lowest BCUT2D eigenvalue weighted by molar-refractivity contribution is -0.137. The zero-order valence-electron chi connectivity index (χ0n) is 18.2. The van der Waals surface area contributed by atoms with E-state index in [9.17, 15) is 9.59 Å². The highest BCUT2D eigenvalue weighted by molar-refractivity contribution is 5.89. The fourth-order valence-electron chi connectivity index (χ4n) is 4.93. The Kier molecular flexibility index (Phi) is 5.88. The molecule has 1 atom stereocenters. The predicted octanol–water partition coefficient (Wildman–Crippen LogP) is 4.07. The molecule has 168 valence electrons. The summed E-state index contributed by atoms with van der Waals surface area (Å²) in [6.07, 6.45) is 3.36. The Hall–Kier alpha value is -3.22. The molecular weight excluding hydrogens is 406 g/mol. The van der Waals surface area contributed by atoms with E-state index in [1.165, 1.54) is 0 Å². The second kappa shape index (κ2) is 9.10. The molecule has 1 N–H and O–H groups in total. The molecule has 2 saturated heterocycles. The van der Waals surface area contributed by atoms with E-state index in [0.717, 1.165) is 42.1 Å². The summed E-state index contributed by atoms with van der Waals surface area (Å²) in [7, 11) is 0. The van der Waals surface area contributed by atoms with Crippen molar-refractivity contribution in [3.05, 3.63) is 54.1 Å². The Labute approximate surface area is 188 Å². The van der Waals surface area contributed by atoms with Gasteiger partial charge in [0.1, 0.15) is 13.2 Å². The SMILES string of the molecule is O=C(Nc1ccccc1)N1CCC(C(=O)N2CCC[C@@H]2c2ccc3c(c2)OCCO3)CC1. The number of benzene rings is 2. The van der Waals surface area contributed by atoms with Crippen molar-refractivity contribution in [2.45, 2.75) is 31.7 Å². The fourth-order valence-corrected chi connectivity index (χ4v) is 4.93. The number of ether oxygens (including phenoxy) is 2. The molecule has 7 heteroatoms. The Morgan fingerprint density at radius 2 is 1.62 bits per heavy atom. The monoisotopic (exact) mass is 435 g/mol. The Morgan fingerprint density at radius 3 is 2.41 bits per heavy atom. The number of nitrogens with zero attached hydrogens (tertiary/aromatic N) is 2. The van der Waals surface area contributed by atoms with Gasteiger partial charge in [0.25, 0.3) is 0 Å². The number of carbonyl (C=O) groups is 2. The summed E-state index contributed by atoms with van der Waals surface area (Å²) in [5, 5.41) is 2.93. The van der Waals surface area contributed by atoms with E-state index < -0.39 is 0 Å². The van der Waals surface area contributed by atoms with Crippen LogP contribution < -0.4 is 14.8 Å². The molecule has 0 spiro atoms. The van der Waals surface area contributed by atoms with Crippen molar-refractivity contribution in [3.8, 4) is 11.5 Å². The molecule has 0 bridgehead atoms. The third-order valence-corrected chi connectivity index (χ3v) is 6.64. The van der Waals surface area contributed by atoms with Gasteiger partial charge in [0.05, 0.1) is 6.04 Å². The van der Waals surface area contributed by atoms with Crippen molar-refractivity contribution in [2.24, 2.45) is 5.92 Å². The zero-order valence-corrected chi connectivity index (χ0v) is 18.2. The van der Waals surface area contributed by atoms with Crippen molar-refractivity contribution in [3.63, 3.8) is 0 Å². The average Bonchev–Trinajstić information content (AvgIpc) is 3.34. The predicted molar refractivity (Wildman–Crippen MR) is 121 cm³/mol. The number of urea groups is 1. The Bertz CT molecular complexity index is 972. The molecule has 0 radical (unpaired) electrons. The summed E-state index contributed by atoms with van der Waals surface area (Å²) in [6, 6.07) is 15.5. The molecule has 7 nitrogen and oxygen atoms in total. The summed E-state index contributed by atoms with van der Waals surface area (Å²) in [4.78, 5) is 29.8. The number of para-hydroxylation sites is 1. The molecule has 2 fully saturated rings. The number of carbonyl (C=O) groups excluding carboxylic acids is 2. The minimum absolute atomic E-state index is 0.0337. The molecule has 2 aromatic carbocycles. The topological polar surface area (TPSA) is 71.1 Å². The minimum atomic E-state index is -0.0996. The van der Waals surface area contributed by atoms with Crippen LogP contribution in [0.3, 0.4) is 0 Å². The van der Waals surface area contributed by atoms with Gasteiger partial charge in [0.15, 0.2) is 11.5 Å². The Balaban J connectivity index is 1.20. The number of piperidine rings is 1. The molecule has 3 amide bonds. The van der Waals surface area contributed by atoms with Gasteiger partial charge >= 0.3 is 6.03 Å². The van der Waals surface area contributed by atoms with E-state index >= 15 is 0 Å². The average molecular weight is 436 g/mol. The van der Waals surface area contributed by atoms with Crippen LogP contribution in [-0.4, -0.2) is 54.6 Å².